The summed E-state index contributed by atoms with van der Waals surface area (Å²) in [6.45, 7) is 0. The van der Waals surface area contributed by atoms with Crippen LogP contribution in [-0.2, 0) is 23.6 Å². The maximum atomic E-state index is 13.7. The molecule has 2 aromatic carbocycles. The van der Waals surface area contributed by atoms with E-state index in [1.54, 1.807) is 0 Å². The summed E-state index contributed by atoms with van der Waals surface area (Å²) in [6.07, 6.45) is -8.24. The van der Waals surface area contributed by atoms with Gasteiger partial charge in [-0.3, -0.25) is 14.6 Å². The third-order valence-corrected chi connectivity index (χ3v) is 5.26. The van der Waals surface area contributed by atoms with Crippen LogP contribution >= 0.6 is 0 Å². The number of aromatic nitrogens is 1. The first-order valence-corrected chi connectivity index (χ1v) is 9.86. The Bertz CT molecular complexity index is 1250. The van der Waals surface area contributed by atoms with E-state index >= 15 is 0 Å². The Morgan fingerprint density at radius 1 is 0.971 bits per heavy atom. The molecule has 0 saturated carbocycles. The van der Waals surface area contributed by atoms with Gasteiger partial charge in [0.2, 0.25) is 5.91 Å². The molecule has 0 fully saturated rings. The highest BCUT2D eigenvalue weighted by Crippen LogP contribution is 2.37. The van der Waals surface area contributed by atoms with Crippen LogP contribution in [0.25, 0.3) is 0 Å². The highest BCUT2D eigenvalue weighted by Gasteiger charge is 2.37. The Hall–Kier alpha value is -3.89. The van der Waals surface area contributed by atoms with Crippen LogP contribution in [0.1, 0.15) is 44.3 Å². The zero-order valence-corrected chi connectivity index (χ0v) is 17.1. The van der Waals surface area contributed by atoms with E-state index < -0.39 is 41.1 Å². The van der Waals surface area contributed by atoms with Crippen LogP contribution in [0, 0.1) is 0 Å². The summed E-state index contributed by atoms with van der Waals surface area (Å²) in [4.78, 5) is 28.3. The molecule has 1 aliphatic rings. The lowest BCUT2D eigenvalue weighted by Crippen LogP contribution is -2.31. The number of carbonyl (C=O) groups excluding carboxylic acids is 2. The fourth-order valence-corrected chi connectivity index (χ4v) is 3.63. The van der Waals surface area contributed by atoms with Gasteiger partial charge in [0.05, 0.1) is 29.3 Å². The van der Waals surface area contributed by atoms with Gasteiger partial charge >= 0.3 is 12.4 Å². The molecular formula is C23H15F6N3O2. The smallest absolute Gasteiger partial charge is 0.340 e. The third-order valence-electron chi connectivity index (χ3n) is 5.26. The van der Waals surface area contributed by atoms with Gasteiger partial charge in [-0.15, -0.1) is 0 Å². The summed E-state index contributed by atoms with van der Waals surface area (Å²) in [5, 5.41) is 5.02. The van der Waals surface area contributed by atoms with Gasteiger partial charge in [0.1, 0.15) is 0 Å². The molecule has 5 nitrogen and oxygen atoms in total. The minimum Gasteiger partial charge on any atom is -0.340 e. The maximum Gasteiger partial charge on any atom is 0.418 e. The lowest BCUT2D eigenvalue weighted by Gasteiger charge is -2.23. The Morgan fingerprint density at radius 2 is 1.68 bits per heavy atom. The quantitative estimate of drug-likeness (QED) is 0.510. The summed E-state index contributed by atoms with van der Waals surface area (Å²) in [5.74, 6) is -1.06. The number of halogens is 6. The standard InChI is InChI=1S/C23H15F6N3O2/c24-22(25,26)15-7-5-12(6-8-15)19(20-16(23(27,28)29)2-1-9-30-20)32-21(34)14-4-3-13-11-18(33)31-17(13)10-14/h1-10,19H,11H2,(H,31,33)(H,32,34)/t19-/m0/s1. The van der Waals surface area contributed by atoms with Crippen molar-refractivity contribution in [2.75, 3.05) is 5.32 Å². The molecule has 0 aliphatic carbocycles. The van der Waals surface area contributed by atoms with E-state index in [0.29, 0.717) is 11.3 Å². The number of carbonyl (C=O) groups is 2. The zero-order chi connectivity index (χ0) is 24.7. The van der Waals surface area contributed by atoms with Crippen molar-refractivity contribution in [3.8, 4) is 0 Å². The number of pyridine rings is 1. The molecule has 34 heavy (non-hydrogen) atoms. The number of hydrogen-bond acceptors (Lipinski definition) is 3. The van der Waals surface area contributed by atoms with E-state index in [0.717, 1.165) is 42.6 Å². The lowest BCUT2D eigenvalue weighted by molar-refractivity contribution is -0.139. The summed E-state index contributed by atoms with van der Waals surface area (Å²) >= 11 is 0. The van der Waals surface area contributed by atoms with Crippen molar-refractivity contribution in [1.82, 2.24) is 10.3 Å². The zero-order valence-electron chi connectivity index (χ0n) is 17.1. The molecule has 1 atom stereocenters. The van der Waals surface area contributed by atoms with Crippen molar-refractivity contribution in [2.24, 2.45) is 0 Å². The number of amides is 2. The molecule has 2 heterocycles. The van der Waals surface area contributed by atoms with Gasteiger partial charge in [-0.1, -0.05) is 18.2 Å². The normalized spacial score (nSPS) is 14.4. The summed E-state index contributed by atoms with van der Waals surface area (Å²) in [7, 11) is 0. The van der Waals surface area contributed by atoms with Gasteiger partial charge in [0.25, 0.3) is 5.91 Å². The SMILES string of the molecule is O=C1Cc2ccc(C(=O)N[C@@H](c3ccc(C(F)(F)F)cc3)c3ncccc3C(F)(F)F)cc2N1. The van der Waals surface area contributed by atoms with Crippen molar-refractivity contribution in [3.63, 3.8) is 0 Å². The number of benzene rings is 2. The molecule has 0 spiro atoms. The van der Waals surface area contributed by atoms with Gasteiger partial charge in [-0.05, 0) is 47.5 Å². The van der Waals surface area contributed by atoms with Gasteiger partial charge in [-0.2, -0.15) is 26.3 Å². The number of nitrogens with zero attached hydrogens (tertiary/aromatic N) is 1. The largest absolute Gasteiger partial charge is 0.418 e. The van der Waals surface area contributed by atoms with Crippen LogP contribution in [-0.4, -0.2) is 16.8 Å². The number of alkyl halides is 6. The highest BCUT2D eigenvalue weighted by atomic mass is 19.4. The molecule has 1 aliphatic heterocycles. The minimum absolute atomic E-state index is 0.0278. The minimum atomic E-state index is -4.82. The summed E-state index contributed by atoms with van der Waals surface area (Å²) < 4.78 is 79.9. The molecule has 0 radical (unpaired) electrons. The van der Waals surface area contributed by atoms with Gasteiger partial charge in [-0.25, -0.2) is 0 Å². The molecular weight excluding hydrogens is 464 g/mol. The van der Waals surface area contributed by atoms with Crippen LogP contribution in [0.5, 0.6) is 0 Å². The van der Waals surface area contributed by atoms with Crippen LogP contribution in [0.4, 0.5) is 32.0 Å². The molecule has 2 amide bonds. The van der Waals surface area contributed by atoms with Crippen LogP contribution in [0.15, 0.2) is 60.8 Å². The molecule has 3 aromatic rings. The van der Waals surface area contributed by atoms with Gasteiger partial charge < -0.3 is 10.6 Å². The molecule has 0 bridgehead atoms. The maximum absolute atomic E-state index is 13.7. The van der Waals surface area contributed by atoms with Crippen molar-refractivity contribution < 1.29 is 35.9 Å². The van der Waals surface area contributed by atoms with Crippen LogP contribution in [0.2, 0.25) is 0 Å². The lowest BCUT2D eigenvalue weighted by atomic mass is 9.97. The van der Waals surface area contributed by atoms with Crippen molar-refractivity contribution in [1.29, 1.82) is 0 Å². The second kappa shape index (κ2) is 8.47. The highest BCUT2D eigenvalue weighted by molar-refractivity contribution is 6.02. The van der Waals surface area contributed by atoms with Gasteiger partial charge in [0.15, 0.2) is 0 Å². The van der Waals surface area contributed by atoms with E-state index in [1.165, 1.54) is 18.2 Å². The average Bonchev–Trinajstić information content (AvgIpc) is 3.15. The Morgan fingerprint density at radius 3 is 2.32 bits per heavy atom. The van der Waals surface area contributed by atoms with Crippen molar-refractivity contribution >= 4 is 17.5 Å². The topological polar surface area (TPSA) is 71.1 Å². The molecule has 2 N–H and O–H groups in total. The van der Waals surface area contributed by atoms with Crippen LogP contribution in [0.3, 0.4) is 0 Å². The first-order chi connectivity index (χ1) is 15.9. The Balaban J connectivity index is 1.74. The first kappa shape index (κ1) is 23.3. The van der Waals surface area contributed by atoms with Crippen LogP contribution < -0.4 is 10.6 Å². The number of fused-ring (bicyclic) bond motifs is 1. The number of anilines is 1. The molecule has 0 saturated heterocycles. The number of nitrogens with one attached hydrogen (secondary N) is 2. The van der Waals surface area contributed by atoms with E-state index in [4.69, 9.17) is 0 Å². The predicted octanol–water partition coefficient (Wildman–Crippen LogP) is 5.13. The van der Waals surface area contributed by atoms with Crippen molar-refractivity contribution in [3.05, 3.63) is 94.3 Å². The molecule has 1 aromatic heterocycles. The summed E-state index contributed by atoms with van der Waals surface area (Å²) in [6, 6.07) is 8.08. The monoisotopic (exact) mass is 479 g/mol. The Labute approximate surface area is 188 Å². The average molecular weight is 479 g/mol. The summed E-state index contributed by atoms with van der Waals surface area (Å²) in [5.41, 5.74) is -1.63. The second-order valence-corrected chi connectivity index (χ2v) is 7.56. The van der Waals surface area contributed by atoms with E-state index in [1.807, 2.05) is 0 Å². The number of rotatable bonds is 4. The Kier molecular flexibility index (Phi) is 5.80. The molecule has 176 valence electrons. The molecule has 4 rings (SSSR count). The second-order valence-electron chi connectivity index (χ2n) is 7.56. The number of hydrogen-bond donors (Lipinski definition) is 2. The third kappa shape index (κ3) is 4.73. The van der Waals surface area contributed by atoms with E-state index in [-0.39, 0.29) is 23.5 Å². The predicted molar refractivity (Wildman–Crippen MR) is 109 cm³/mol. The first-order valence-electron chi connectivity index (χ1n) is 9.86. The molecule has 11 heteroatoms. The fourth-order valence-electron chi connectivity index (χ4n) is 3.63. The fraction of sp³-hybridized carbons (Fsp3) is 0.174. The molecule has 0 unspecified atom stereocenters. The van der Waals surface area contributed by atoms with Gasteiger partial charge in [0, 0.05) is 17.4 Å². The van der Waals surface area contributed by atoms with E-state index in [2.05, 4.69) is 15.6 Å². The van der Waals surface area contributed by atoms with Crippen molar-refractivity contribution in [2.45, 2.75) is 24.8 Å². The van der Waals surface area contributed by atoms with E-state index in [9.17, 15) is 35.9 Å².